The smallest absolute Gasteiger partial charge is 0.213 e. The van der Waals surface area contributed by atoms with E-state index in [1.807, 2.05) is 6.26 Å². The van der Waals surface area contributed by atoms with E-state index in [-0.39, 0.29) is 0 Å². The summed E-state index contributed by atoms with van der Waals surface area (Å²) in [5.74, 6) is -0.477. The lowest BCUT2D eigenvalue weighted by molar-refractivity contribution is 0.579. The molecule has 2 aromatic heterocycles. The summed E-state index contributed by atoms with van der Waals surface area (Å²) in [5.41, 5.74) is 0. The van der Waals surface area contributed by atoms with Crippen molar-refractivity contribution in [2.45, 2.75) is 13.6 Å². The number of aromatic nitrogens is 3. The van der Waals surface area contributed by atoms with Crippen molar-refractivity contribution in [2.75, 3.05) is 6.26 Å². The van der Waals surface area contributed by atoms with Crippen molar-refractivity contribution in [1.82, 2.24) is 15.2 Å². The minimum atomic E-state index is -0.477. The largest absolute Gasteiger partial charge is 0.228 e. The lowest BCUT2D eigenvalue weighted by Crippen LogP contribution is -1.80. The fourth-order valence-electron chi connectivity index (χ4n) is 0.870. The van der Waals surface area contributed by atoms with Gasteiger partial charge in [0.05, 0.1) is 0 Å². The Morgan fingerprint density at radius 1 is 1.33 bits per heavy atom. The van der Waals surface area contributed by atoms with Gasteiger partial charge in [-0.2, -0.15) is 4.39 Å². The van der Waals surface area contributed by atoms with Gasteiger partial charge in [-0.1, -0.05) is 34.9 Å². The number of hydrogen-bond acceptors (Lipinski definition) is 6. The molecule has 0 N–H and O–H groups in total. The van der Waals surface area contributed by atoms with Gasteiger partial charge in [0.2, 0.25) is 5.95 Å². The molecule has 0 aromatic carbocycles. The molecule has 7 heteroatoms. The van der Waals surface area contributed by atoms with Gasteiger partial charge in [-0.05, 0) is 12.3 Å². The first kappa shape index (κ1) is 10.8. The van der Waals surface area contributed by atoms with Crippen molar-refractivity contribution in [1.29, 1.82) is 0 Å². The second kappa shape index (κ2) is 4.91. The second-order valence-electron chi connectivity index (χ2n) is 2.45. The molecule has 0 spiro atoms. The van der Waals surface area contributed by atoms with Gasteiger partial charge in [-0.15, -0.1) is 10.2 Å². The van der Waals surface area contributed by atoms with E-state index >= 15 is 0 Å². The molecule has 78 valence electrons. The van der Waals surface area contributed by atoms with E-state index in [1.54, 1.807) is 17.8 Å². The van der Waals surface area contributed by atoms with Crippen LogP contribution in [0, 0.1) is 5.95 Å². The first-order valence-corrected chi connectivity index (χ1v) is 6.80. The average Bonchev–Trinajstić information content (AvgIpc) is 2.65. The maximum Gasteiger partial charge on any atom is 0.213 e. The second-order valence-corrected chi connectivity index (χ2v) is 5.81. The summed E-state index contributed by atoms with van der Waals surface area (Å²) in [5, 5.41) is 7.93. The van der Waals surface area contributed by atoms with Gasteiger partial charge in [0.15, 0.2) is 8.68 Å². The molecule has 15 heavy (non-hydrogen) atoms. The number of hydrogen-bond donors (Lipinski definition) is 0. The molecule has 0 amide bonds. The normalized spacial score (nSPS) is 10.5. The first-order valence-electron chi connectivity index (χ1n) is 3.95. The first-order chi connectivity index (χ1) is 7.28. The summed E-state index contributed by atoms with van der Waals surface area (Å²) in [6.07, 6.45) is 3.38. The molecule has 0 bridgehead atoms. The predicted octanol–water partition coefficient (Wildman–Crippen LogP) is 2.95. The molecule has 2 rings (SSSR count). The zero-order valence-corrected chi connectivity index (χ0v) is 10.1. The molecular formula is C8H6FN3S3. The lowest BCUT2D eigenvalue weighted by atomic mass is 10.5. The third-order valence-electron chi connectivity index (χ3n) is 1.47. The van der Waals surface area contributed by atoms with Crippen LogP contribution in [0.2, 0.25) is 0 Å². The van der Waals surface area contributed by atoms with Gasteiger partial charge >= 0.3 is 0 Å². The zero-order valence-electron chi connectivity index (χ0n) is 7.68. The SMILES string of the molecule is CSc1nnc(Sc2ccnc(F)c2)s1. The molecule has 0 unspecified atom stereocenters. The predicted molar refractivity (Wildman–Crippen MR) is 60.0 cm³/mol. The highest BCUT2D eigenvalue weighted by Gasteiger charge is 2.05. The van der Waals surface area contributed by atoms with Crippen molar-refractivity contribution in [2.24, 2.45) is 0 Å². The average molecular weight is 259 g/mol. The standard InChI is InChI=1S/C8H6FN3S3/c1-13-7-11-12-8(15-7)14-5-2-3-10-6(9)4-5/h2-4H,1H3. The van der Waals surface area contributed by atoms with Crippen LogP contribution in [0.25, 0.3) is 0 Å². The fourth-order valence-corrected chi connectivity index (χ4v) is 3.29. The molecule has 0 aliphatic rings. The van der Waals surface area contributed by atoms with E-state index in [2.05, 4.69) is 15.2 Å². The van der Waals surface area contributed by atoms with Gasteiger partial charge in [0, 0.05) is 17.2 Å². The summed E-state index contributed by atoms with van der Waals surface area (Å²) < 4.78 is 14.5. The Morgan fingerprint density at radius 2 is 2.13 bits per heavy atom. The minimum Gasteiger partial charge on any atom is -0.228 e. The number of rotatable bonds is 3. The highest BCUT2D eigenvalue weighted by atomic mass is 32.2. The van der Waals surface area contributed by atoms with Crippen LogP contribution in [0.15, 0.2) is 31.9 Å². The quantitative estimate of drug-likeness (QED) is 0.626. The molecule has 0 saturated heterocycles. The van der Waals surface area contributed by atoms with Crippen LogP contribution in [-0.2, 0) is 0 Å². The monoisotopic (exact) mass is 259 g/mol. The van der Waals surface area contributed by atoms with Crippen molar-refractivity contribution >= 4 is 34.9 Å². The Labute approximate surface area is 98.5 Å². The van der Waals surface area contributed by atoms with Crippen LogP contribution in [0.4, 0.5) is 4.39 Å². The Balaban J connectivity index is 2.14. The van der Waals surface area contributed by atoms with E-state index in [4.69, 9.17) is 0 Å². The third-order valence-corrected chi connectivity index (χ3v) is 4.41. The summed E-state index contributed by atoms with van der Waals surface area (Å²) in [4.78, 5) is 4.27. The van der Waals surface area contributed by atoms with E-state index in [9.17, 15) is 4.39 Å². The lowest BCUT2D eigenvalue weighted by Gasteiger charge is -1.95. The molecule has 0 aliphatic heterocycles. The van der Waals surface area contributed by atoms with Gasteiger partial charge in [-0.3, -0.25) is 0 Å². The highest BCUT2D eigenvalue weighted by molar-refractivity contribution is 8.03. The van der Waals surface area contributed by atoms with Crippen molar-refractivity contribution < 1.29 is 4.39 Å². The number of thioether (sulfide) groups is 1. The van der Waals surface area contributed by atoms with Gasteiger partial charge in [-0.25, -0.2) is 4.98 Å². The van der Waals surface area contributed by atoms with E-state index in [1.165, 1.54) is 35.4 Å². The van der Waals surface area contributed by atoms with E-state index in [0.29, 0.717) is 0 Å². The molecular weight excluding hydrogens is 253 g/mol. The molecule has 0 saturated carbocycles. The molecule has 3 nitrogen and oxygen atoms in total. The number of nitrogens with zero attached hydrogens (tertiary/aromatic N) is 3. The fraction of sp³-hybridized carbons (Fsp3) is 0.125. The maximum atomic E-state index is 12.8. The van der Waals surface area contributed by atoms with E-state index < -0.39 is 5.95 Å². The minimum absolute atomic E-state index is 0.477. The summed E-state index contributed by atoms with van der Waals surface area (Å²) in [6.45, 7) is 0. The summed E-state index contributed by atoms with van der Waals surface area (Å²) in [7, 11) is 0. The number of pyridine rings is 1. The van der Waals surface area contributed by atoms with Crippen LogP contribution in [-0.4, -0.2) is 21.4 Å². The van der Waals surface area contributed by atoms with E-state index in [0.717, 1.165) is 13.6 Å². The molecule has 0 fully saturated rings. The molecule has 0 aliphatic carbocycles. The maximum absolute atomic E-state index is 12.8. The Hall–Kier alpha value is -0.660. The van der Waals surface area contributed by atoms with Crippen LogP contribution in [0.5, 0.6) is 0 Å². The summed E-state index contributed by atoms with van der Waals surface area (Å²) >= 11 is 4.43. The van der Waals surface area contributed by atoms with Crippen LogP contribution in [0.1, 0.15) is 0 Å². The third kappa shape index (κ3) is 2.90. The zero-order chi connectivity index (χ0) is 10.7. The molecule has 0 radical (unpaired) electrons. The highest BCUT2D eigenvalue weighted by Crippen LogP contribution is 2.32. The van der Waals surface area contributed by atoms with Crippen molar-refractivity contribution in [3.63, 3.8) is 0 Å². The molecule has 2 heterocycles. The van der Waals surface area contributed by atoms with Crippen LogP contribution < -0.4 is 0 Å². The Kier molecular flexibility index (Phi) is 3.55. The van der Waals surface area contributed by atoms with Gasteiger partial charge < -0.3 is 0 Å². The molecule has 0 atom stereocenters. The van der Waals surface area contributed by atoms with Crippen molar-refractivity contribution in [3.05, 3.63) is 24.3 Å². The van der Waals surface area contributed by atoms with Crippen molar-refractivity contribution in [3.8, 4) is 0 Å². The van der Waals surface area contributed by atoms with Crippen LogP contribution >= 0.6 is 34.9 Å². The molecule has 2 aromatic rings. The van der Waals surface area contributed by atoms with Crippen LogP contribution in [0.3, 0.4) is 0 Å². The topological polar surface area (TPSA) is 38.7 Å². The van der Waals surface area contributed by atoms with Gasteiger partial charge in [0.25, 0.3) is 0 Å². The Morgan fingerprint density at radius 3 is 2.80 bits per heavy atom. The Bertz CT molecular complexity index is 460. The number of halogens is 1. The van der Waals surface area contributed by atoms with Gasteiger partial charge in [0.1, 0.15) is 0 Å². The summed E-state index contributed by atoms with van der Waals surface area (Å²) in [6, 6.07) is 3.12.